The molecule has 2 N–H and O–H groups in total. The second-order valence-electron chi connectivity index (χ2n) is 9.50. The summed E-state index contributed by atoms with van der Waals surface area (Å²) < 4.78 is 5.29. The van der Waals surface area contributed by atoms with Crippen LogP contribution in [-0.4, -0.2) is 53.6 Å². The highest BCUT2D eigenvalue weighted by Gasteiger charge is 2.50. The van der Waals surface area contributed by atoms with Gasteiger partial charge in [0.15, 0.2) is 5.69 Å². The van der Waals surface area contributed by atoms with Crippen LogP contribution in [0.15, 0.2) is 10.6 Å². The van der Waals surface area contributed by atoms with Gasteiger partial charge < -0.3 is 20.1 Å². The molecule has 2 saturated carbocycles. The minimum atomic E-state index is -0.165. The third-order valence-electron chi connectivity index (χ3n) is 7.28. The Bertz CT molecular complexity index is 757. The van der Waals surface area contributed by atoms with Gasteiger partial charge in [-0.05, 0) is 63.8 Å². The van der Waals surface area contributed by atoms with E-state index in [0.717, 1.165) is 63.9 Å². The summed E-state index contributed by atoms with van der Waals surface area (Å²) in [6.45, 7) is 4.99. The van der Waals surface area contributed by atoms with E-state index in [9.17, 15) is 9.59 Å². The predicted octanol–water partition coefficient (Wildman–Crippen LogP) is 2.05. The molecule has 1 unspecified atom stereocenters. The van der Waals surface area contributed by atoms with Crippen molar-refractivity contribution in [3.63, 3.8) is 0 Å². The maximum Gasteiger partial charge on any atom is 0.273 e. The van der Waals surface area contributed by atoms with E-state index in [4.69, 9.17) is 4.52 Å². The number of carbonyl (C=O) groups is 2. The maximum atomic E-state index is 12.9. The predicted molar refractivity (Wildman–Crippen MR) is 103 cm³/mol. The molecule has 7 heteroatoms. The topological polar surface area (TPSA) is 87.5 Å². The largest absolute Gasteiger partial charge is 0.360 e. The molecule has 2 amide bonds. The molecule has 2 aliphatic heterocycles. The van der Waals surface area contributed by atoms with Crippen molar-refractivity contribution in [1.29, 1.82) is 0 Å². The number of likely N-dealkylation sites (tertiary alicyclic amines) is 1. The van der Waals surface area contributed by atoms with Gasteiger partial charge in [-0.25, -0.2) is 0 Å². The fourth-order valence-corrected chi connectivity index (χ4v) is 5.39. The van der Waals surface area contributed by atoms with E-state index in [1.165, 1.54) is 6.42 Å². The number of rotatable bonds is 4. The summed E-state index contributed by atoms with van der Waals surface area (Å²) in [5, 5.41) is 10.4. The zero-order valence-electron chi connectivity index (χ0n) is 16.6. The Hall–Kier alpha value is -1.89. The molecule has 4 aliphatic rings. The van der Waals surface area contributed by atoms with Gasteiger partial charge in [-0.2, -0.15) is 0 Å². The smallest absolute Gasteiger partial charge is 0.273 e. The molecule has 2 saturated heterocycles. The molecule has 7 nitrogen and oxygen atoms in total. The number of amides is 2. The molecular weight excluding hydrogens is 356 g/mol. The van der Waals surface area contributed by atoms with Crippen molar-refractivity contribution in [3.05, 3.63) is 17.5 Å². The molecule has 4 fully saturated rings. The van der Waals surface area contributed by atoms with Crippen LogP contribution in [0.3, 0.4) is 0 Å². The van der Waals surface area contributed by atoms with Crippen molar-refractivity contribution >= 4 is 11.8 Å². The second-order valence-corrected chi connectivity index (χ2v) is 9.50. The van der Waals surface area contributed by atoms with E-state index < -0.39 is 0 Å². The van der Waals surface area contributed by atoms with Gasteiger partial charge in [-0.15, -0.1) is 0 Å². The van der Waals surface area contributed by atoms with Crippen LogP contribution in [0.4, 0.5) is 0 Å². The average Bonchev–Trinajstić information content (AvgIpc) is 3.18. The molecule has 152 valence electrons. The summed E-state index contributed by atoms with van der Waals surface area (Å²) in [5.41, 5.74) is 0.769. The standard InChI is InChI=1S/C21H30N4O3/c1-13-8-16(23-19(26)17-9-18(28-24-17)14-2-3-14)4-7-25(13)20(27)15-10-21(11-15)5-6-22-12-21/h9,13-16,22H,2-8,10-12H2,1H3,(H,23,26)/t13-,15?,16?,21?/m1/s1. The molecule has 2 aliphatic carbocycles. The van der Waals surface area contributed by atoms with Crippen LogP contribution in [0.2, 0.25) is 0 Å². The van der Waals surface area contributed by atoms with Gasteiger partial charge >= 0.3 is 0 Å². The third-order valence-corrected chi connectivity index (χ3v) is 7.28. The lowest BCUT2D eigenvalue weighted by Gasteiger charge is -2.48. The first-order valence-corrected chi connectivity index (χ1v) is 10.8. The lowest BCUT2D eigenvalue weighted by molar-refractivity contribution is -0.146. The summed E-state index contributed by atoms with van der Waals surface area (Å²) in [6.07, 6.45) is 7.14. The quantitative estimate of drug-likeness (QED) is 0.827. The first-order chi connectivity index (χ1) is 13.5. The summed E-state index contributed by atoms with van der Waals surface area (Å²) in [5.74, 6) is 1.63. The average molecular weight is 386 g/mol. The summed E-state index contributed by atoms with van der Waals surface area (Å²) in [6, 6.07) is 2.02. The highest BCUT2D eigenvalue weighted by molar-refractivity contribution is 5.92. The highest BCUT2D eigenvalue weighted by Crippen LogP contribution is 2.50. The number of nitrogens with zero attached hydrogens (tertiary/aromatic N) is 2. The van der Waals surface area contributed by atoms with E-state index in [1.54, 1.807) is 6.07 Å². The normalized spacial score (nSPS) is 35.0. The van der Waals surface area contributed by atoms with Crippen LogP contribution in [0.5, 0.6) is 0 Å². The second kappa shape index (κ2) is 6.87. The Balaban J connectivity index is 1.12. The SMILES string of the molecule is C[C@@H]1CC(NC(=O)c2cc(C3CC3)on2)CCN1C(=O)C1CC2(CCNC2)C1. The minimum Gasteiger partial charge on any atom is -0.360 e. The van der Waals surface area contributed by atoms with Crippen LogP contribution in [0.25, 0.3) is 0 Å². The van der Waals surface area contributed by atoms with E-state index in [1.807, 2.05) is 4.90 Å². The van der Waals surface area contributed by atoms with E-state index in [-0.39, 0.29) is 23.9 Å². The first kappa shape index (κ1) is 18.2. The Kier molecular flexibility index (Phi) is 4.45. The lowest BCUT2D eigenvalue weighted by atomic mass is 9.61. The molecule has 28 heavy (non-hydrogen) atoms. The molecular formula is C21H30N4O3. The van der Waals surface area contributed by atoms with Crippen molar-refractivity contribution in [2.45, 2.75) is 69.9 Å². The number of hydrogen-bond acceptors (Lipinski definition) is 5. The molecule has 1 aromatic rings. The zero-order valence-corrected chi connectivity index (χ0v) is 16.6. The lowest BCUT2D eigenvalue weighted by Crippen LogP contribution is -2.55. The fourth-order valence-electron chi connectivity index (χ4n) is 5.39. The number of aromatic nitrogens is 1. The number of piperidine rings is 1. The minimum absolute atomic E-state index is 0.0828. The molecule has 0 radical (unpaired) electrons. The van der Waals surface area contributed by atoms with E-state index >= 15 is 0 Å². The Morgan fingerprint density at radius 2 is 2.14 bits per heavy atom. The zero-order chi connectivity index (χ0) is 19.3. The van der Waals surface area contributed by atoms with Crippen molar-refractivity contribution < 1.29 is 14.1 Å². The van der Waals surface area contributed by atoms with Crippen LogP contribution >= 0.6 is 0 Å². The molecule has 0 bridgehead atoms. The van der Waals surface area contributed by atoms with Crippen molar-refractivity contribution in [1.82, 2.24) is 20.7 Å². The van der Waals surface area contributed by atoms with Gasteiger partial charge in [0.2, 0.25) is 5.91 Å². The van der Waals surface area contributed by atoms with Gasteiger partial charge in [-0.3, -0.25) is 9.59 Å². The van der Waals surface area contributed by atoms with E-state index in [0.29, 0.717) is 22.9 Å². The van der Waals surface area contributed by atoms with Crippen LogP contribution < -0.4 is 10.6 Å². The van der Waals surface area contributed by atoms with Gasteiger partial charge in [0, 0.05) is 43.1 Å². The summed E-state index contributed by atoms with van der Waals surface area (Å²) in [4.78, 5) is 27.5. The maximum absolute atomic E-state index is 12.9. The summed E-state index contributed by atoms with van der Waals surface area (Å²) >= 11 is 0. The molecule has 2 atom stereocenters. The van der Waals surface area contributed by atoms with Gasteiger partial charge in [0.25, 0.3) is 5.91 Å². The number of carbonyl (C=O) groups excluding carboxylic acids is 2. The Morgan fingerprint density at radius 3 is 2.82 bits per heavy atom. The van der Waals surface area contributed by atoms with Crippen molar-refractivity contribution in [3.8, 4) is 0 Å². The van der Waals surface area contributed by atoms with Gasteiger partial charge in [-0.1, -0.05) is 5.16 Å². The third kappa shape index (κ3) is 3.34. The van der Waals surface area contributed by atoms with Crippen LogP contribution in [-0.2, 0) is 4.79 Å². The molecule has 1 aromatic heterocycles. The highest BCUT2D eigenvalue weighted by atomic mass is 16.5. The summed E-state index contributed by atoms with van der Waals surface area (Å²) in [7, 11) is 0. The van der Waals surface area contributed by atoms with E-state index in [2.05, 4.69) is 22.7 Å². The molecule has 1 spiro atoms. The van der Waals surface area contributed by atoms with Crippen molar-refractivity contribution in [2.75, 3.05) is 19.6 Å². The molecule has 3 heterocycles. The monoisotopic (exact) mass is 386 g/mol. The number of hydrogen-bond donors (Lipinski definition) is 2. The Morgan fingerprint density at radius 1 is 1.32 bits per heavy atom. The molecule has 5 rings (SSSR count). The molecule has 0 aromatic carbocycles. The Labute approximate surface area is 165 Å². The van der Waals surface area contributed by atoms with Gasteiger partial charge in [0.1, 0.15) is 5.76 Å². The first-order valence-electron chi connectivity index (χ1n) is 10.8. The van der Waals surface area contributed by atoms with Crippen LogP contribution in [0, 0.1) is 11.3 Å². The van der Waals surface area contributed by atoms with Crippen LogP contribution in [0.1, 0.15) is 74.0 Å². The fraction of sp³-hybridized carbons (Fsp3) is 0.762. The number of nitrogens with one attached hydrogen (secondary N) is 2. The van der Waals surface area contributed by atoms with Gasteiger partial charge in [0.05, 0.1) is 0 Å². The van der Waals surface area contributed by atoms with Crippen molar-refractivity contribution in [2.24, 2.45) is 11.3 Å².